The highest BCUT2D eigenvalue weighted by atomic mass is 127. The van der Waals surface area contributed by atoms with E-state index in [-0.39, 0.29) is 30.1 Å². The summed E-state index contributed by atoms with van der Waals surface area (Å²) in [6.45, 7) is 10.9. The average molecular weight is 552 g/mol. The lowest BCUT2D eigenvalue weighted by Gasteiger charge is -2.15. The fraction of sp³-hybridized carbons (Fsp3) is 0.455. The Hall–Kier alpha value is -2.63. The maximum Gasteiger partial charge on any atom is 0.191 e. The van der Waals surface area contributed by atoms with Crippen molar-refractivity contribution in [3.05, 3.63) is 41.9 Å². The normalized spacial score (nSPS) is 11.4. The molecular weight excluding hydrogens is 519 g/mol. The Labute approximate surface area is 206 Å². The number of fused-ring (bicyclic) bond motifs is 1. The van der Waals surface area contributed by atoms with E-state index in [1.165, 1.54) is 5.56 Å². The van der Waals surface area contributed by atoms with Crippen molar-refractivity contribution < 1.29 is 4.74 Å². The minimum Gasteiger partial charge on any atom is -0.491 e. The molecule has 1 aromatic carbocycles. The molecule has 0 fully saturated rings. The summed E-state index contributed by atoms with van der Waals surface area (Å²) in [7, 11) is 1.87. The number of aliphatic imine (C=N–C) groups is 1. The first-order valence-electron chi connectivity index (χ1n) is 10.6. The standard InChI is InChI=1S/C22H32N8O.HI/c1-6-23-22(26-12-17-8-7-16(4)11-19(17)31-15(2)3)25-10-9-24-20-18-13-29-30(5)21(18)28-14-27-20;/h7-8,11,13-15H,6,9-10,12H2,1-5H3,(H2,23,25,26)(H,24,27,28);1H. The molecule has 0 radical (unpaired) electrons. The van der Waals surface area contributed by atoms with Crippen LogP contribution in [0.4, 0.5) is 5.82 Å². The smallest absolute Gasteiger partial charge is 0.191 e. The number of ether oxygens (including phenoxy) is 1. The molecule has 174 valence electrons. The van der Waals surface area contributed by atoms with Crippen LogP contribution < -0.4 is 20.7 Å². The number of nitrogens with one attached hydrogen (secondary N) is 3. The molecule has 0 aliphatic carbocycles. The van der Waals surface area contributed by atoms with Crippen molar-refractivity contribution in [1.82, 2.24) is 30.4 Å². The van der Waals surface area contributed by atoms with Crippen LogP contribution in [0.5, 0.6) is 5.75 Å². The predicted octanol–water partition coefficient (Wildman–Crippen LogP) is 3.24. The zero-order valence-corrected chi connectivity index (χ0v) is 21.7. The second-order valence-electron chi connectivity index (χ2n) is 7.55. The van der Waals surface area contributed by atoms with Crippen LogP contribution in [0.1, 0.15) is 31.9 Å². The molecule has 32 heavy (non-hydrogen) atoms. The zero-order valence-electron chi connectivity index (χ0n) is 19.3. The third-order valence-electron chi connectivity index (χ3n) is 4.58. The first kappa shape index (κ1) is 25.6. The van der Waals surface area contributed by atoms with E-state index < -0.39 is 0 Å². The van der Waals surface area contributed by atoms with Crippen molar-refractivity contribution in [2.75, 3.05) is 25.0 Å². The van der Waals surface area contributed by atoms with Crippen molar-refractivity contribution in [3.8, 4) is 5.75 Å². The first-order valence-corrected chi connectivity index (χ1v) is 10.6. The Morgan fingerprint density at radius 3 is 2.75 bits per heavy atom. The van der Waals surface area contributed by atoms with Crippen LogP contribution >= 0.6 is 24.0 Å². The highest BCUT2D eigenvalue weighted by Gasteiger charge is 2.08. The van der Waals surface area contributed by atoms with Crippen molar-refractivity contribution in [2.45, 2.75) is 40.3 Å². The molecule has 3 rings (SSSR count). The summed E-state index contributed by atoms with van der Waals surface area (Å²) < 4.78 is 7.70. The van der Waals surface area contributed by atoms with E-state index in [2.05, 4.69) is 63.1 Å². The first-order chi connectivity index (χ1) is 15.0. The summed E-state index contributed by atoms with van der Waals surface area (Å²) in [5.74, 6) is 2.42. The fourth-order valence-electron chi connectivity index (χ4n) is 3.13. The number of benzene rings is 1. The molecular formula is C22H33IN8O. The lowest BCUT2D eigenvalue weighted by atomic mass is 10.1. The number of guanidine groups is 1. The number of aromatic nitrogens is 4. The topological polar surface area (TPSA) is 101 Å². The number of anilines is 1. The molecule has 3 N–H and O–H groups in total. The number of halogens is 1. The van der Waals surface area contributed by atoms with Crippen LogP contribution in [0.15, 0.2) is 35.7 Å². The molecule has 0 spiro atoms. The highest BCUT2D eigenvalue weighted by molar-refractivity contribution is 14.0. The Kier molecular flexibility index (Phi) is 9.95. The molecule has 0 aliphatic rings. The van der Waals surface area contributed by atoms with Crippen molar-refractivity contribution in [3.63, 3.8) is 0 Å². The predicted molar refractivity (Wildman–Crippen MR) is 140 cm³/mol. The van der Waals surface area contributed by atoms with Gasteiger partial charge in [-0.2, -0.15) is 5.10 Å². The Morgan fingerprint density at radius 1 is 1.19 bits per heavy atom. The van der Waals surface area contributed by atoms with Crippen LogP contribution in [-0.2, 0) is 13.6 Å². The molecule has 0 saturated carbocycles. The summed E-state index contributed by atoms with van der Waals surface area (Å²) in [5.41, 5.74) is 3.04. The van der Waals surface area contributed by atoms with E-state index in [9.17, 15) is 0 Å². The molecule has 0 aliphatic heterocycles. The fourth-order valence-corrected chi connectivity index (χ4v) is 3.13. The number of hydrogen-bond donors (Lipinski definition) is 3. The summed E-state index contributed by atoms with van der Waals surface area (Å²) in [6, 6.07) is 6.23. The van der Waals surface area contributed by atoms with Gasteiger partial charge in [-0.3, -0.25) is 4.68 Å². The maximum atomic E-state index is 5.96. The molecule has 3 aromatic rings. The number of nitrogens with zero attached hydrogens (tertiary/aromatic N) is 5. The van der Waals surface area contributed by atoms with Crippen molar-refractivity contribution >= 4 is 46.8 Å². The SMILES string of the molecule is CCNC(=NCc1ccc(C)cc1OC(C)C)NCCNc1ncnc2c1cnn2C.I. The summed E-state index contributed by atoms with van der Waals surface area (Å²) in [4.78, 5) is 13.3. The number of aryl methyl sites for hydroxylation is 2. The van der Waals surface area contributed by atoms with E-state index in [0.717, 1.165) is 40.7 Å². The van der Waals surface area contributed by atoms with E-state index in [1.54, 1.807) is 17.2 Å². The Balaban J connectivity index is 0.00000363. The van der Waals surface area contributed by atoms with E-state index in [1.807, 2.05) is 20.9 Å². The largest absolute Gasteiger partial charge is 0.491 e. The van der Waals surface area contributed by atoms with Gasteiger partial charge in [0.05, 0.1) is 24.2 Å². The van der Waals surface area contributed by atoms with E-state index >= 15 is 0 Å². The van der Waals surface area contributed by atoms with Crippen LogP contribution in [0.25, 0.3) is 11.0 Å². The molecule has 0 unspecified atom stereocenters. The number of hydrogen-bond acceptors (Lipinski definition) is 6. The zero-order chi connectivity index (χ0) is 22.2. The van der Waals surface area contributed by atoms with Gasteiger partial charge in [-0.15, -0.1) is 24.0 Å². The molecule has 2 aromatic heterocycles. The third-order valence-corrected chi connectivity index (χ3v) is 4.58. The van der Waals surface area contributed by atoms with Crippen molar-refractivity contribution in [2.24, 2.45) is 12.0 Å². The Morgan fingerprint density at radius 2 is 2.00 bits per heavy atom. The van der Waals surface area contributed by atoms with E-state index in [4.69, 9.17) is 9.73 Å². The summed E-state index contributed by atoms with van der Waals surface area (Å²) in [6.07, 6.45) is 3.44. The summed E-state index contributed by atoms with van der Waals surface area (Å²) in [5, 5.41) is 15.1. The summed E-state index contributed by atoms with van der Waals surface area (Å²) >= 11 is 0. The second kappa shape index (κ2) is 12.4. The van der Waals surface area contributed by atoms with Gasteiger partial charge in [0.1, 0.15) is 17.9 Å². The quantitative estimate of drug-likeness (QED) is 0.162. The second-order valence-corrected chi connectivity index (χ2v) is 7.55. The Bertz CT molecular complexity index is 1030. The van der Waals surface area contributed by atoms with Crippen LogP contribution in [-0.4, -0.2) is 51.4 Å². The minimum absolute atomic E-state index is 0. The maximum absolute atomic E-state index is 5.96. The third kappa shape index (κ3) is 6.94. The van der Waals surface area contributed by atoms with Gasteiger partial charge in [-0.25, -0.2) is 15.0 Å². The van der Waals surface area contributed by atoms with Gasteiger partial charge in [0.25, 0.3) is 0 Å². The minimum atomic E-state index is 0. The van der Waals surface area contributed by atoms with Gasteiger partial charge in [0, 0.05) is 32.2 Å². The lowest BCUT2D eigenvalue weighted by Crippen LogP contribution is -2.39. The number of rotatable bonds is 9. The van der Waals surface area contributed by atoms with E-state index in [0.29, 0.717) is 19.6 Å². The lowest BCUT2D eigenvalue weighted by molar-refractivity contribution is 0.240. The molecule has 0 bridgehead atoms. The van der Waals surface area contributed by atoms with Gasteiger partial charge in [0.2, 0.25) is 0 Å². The monoisotopic (exact) mass is 552 g/mol. The van der Waals surface area contributed by atoms with Crippen LogP contribution in [0, 0.1) is 6.92 Å². The molecule has 0 atom stereocenters. The van der Waals surface area contributed by atoms with Crippen LogP contribution in [0.2, 0.25) is 0 Å². The van der Waals surface area contributed by atoms with Gasteiger partial charge in [0.15, 0.2) is 11.6 Å². The highest BCUT2D eigenvalue weighted by Crippen LogP contribution is 2.22. The van der Waals surface area contributed by atoms with Gasteiger partial charge < -0.3 is 20.7 Å². The van der Waals surface area contributed by atoms with Crippen LogP contribution in [0.3, 0.4) is 0 Å². The molecule has 9 nitrogen and oxygen atoms in total. The van der Waals surface area contributed by atoms with Crippen molar-refractivity contribution in [1.29, 1.82) is 0 Å². The molecule has 0 amide bonds. The van der Waals surface area contributed by atoms with Gasteiger partial charge in [-0.1, -0.05) is 12.1 Å². The molecule has 0 saturated heterocycles. The molecule has 10 heteroatoms. The molecule has 2 heterocycles. The average Bonchev–Trinajstić information content (AvgIpc) is 3.11. The van der Waals surface area contributed by atoms with Gasteiger partial charge in [-0.05, 0) is 39.3 Å². The van der Waals surface area contributed by atoms with Gasteiger partial charge >= 0.3 is 0 Å².